The molecule has 0 spiro atoms. The van der Waals surface area contributed by atoms with Crippen LogP contribution < -0.4 is 5.73 Å². The van der Waals surface area contributed by atoms with E-state index >= 15 is 0 Å². The third kappa shape index (κ3) is 1.55. The van der Waals surface area contributed by atoms with Crippen LogP contribution >= 0.6 is 0 Å². The molecule has 0 amide bonds. The molecule has 2 heteroatoms. The molecule has 0 aliphatic heterocycles. The van der Waals surface area contributed by atoms with Crippen LogP contribution in [0.5, 0.6) is 0 Å². The topological polar surface area (TPSA) is 30.9 Å². The molecule has 15 heavy (non-hydrogen) atoms. The summed E-state index contributed by atoms with van der Waals surface area (Å²) >= 11 is 0. The van der Waals surface area contributed by atoms with Crippen molar-refractivity contribution < 1.29 is 0 Å². The lowest BCUT2D eigenvalue weighted by Crippen LogP contribution is -2.10. The molecule has 0 bridgehead atoms. The number of nitrogens with zero attached hydrogens (tertiary/aromatic N) is 1. The summed E-state index contributed by atoms with van der Waals surface area (Å²) in [5, 5.41) is 1.36. The average molecular weight is 202 g/mol. The first-order valence-electron chi connectivity index (χ1n) is 5.41. The summed E-state index contributed by atoms with van der Waals surface area (Å²) < 4.78 is 2.31. The van der Waals surface area contributed by atoms with Crippen LogP contribution in [0.2, 0.25) is 0 Å². The molecule has 2 N–H and O–H groups in total. The van der Waals surface area contributed by atoms with Gasteiger partial charge >= 0.3 is 0 Å². The highest BCUT2D eigenvalue weighted by Crippen LogP contribution is 2.25. The molecular weight excluding hydrogens is 184 g/mol. The first kappa shape index (κ1) is 10.2. The standard InChI is InChI=1S/C13H18N2/c1-9-4-5-13-12(8-9)10(2)11(3)15(13)7-6-14/h4-5,8H,6-7,14H2,1-3H3. The van der Waals surface area contributed by atoms with Crippen molar-refractivity contribution in [2.45, 2.75) is 27.3 Å². The maximum absolute atomic E-state index is 5.64. The lowest BCUT2D eigenvalue weighted by atomic mass is 10.1. The van der Waals surface area contributed by atoms with E-state index in [-0.39, 0.29) is 0 Å². The highest BCUT2D eigenvalue weighted by Gasteiger charge is 2.09. The minimum absolute atomic E-state index is 0.692. The van der Waals surface area contributed by atoms with Gasteiger partial charge in [-0.2, -0.15) is 0 Å². The molecule has 0 aliphatic rings. The Morgan fingerprint density at radius 1 is 1.20 bits per heavy atom. The predicted molar refractivity (Wildman–Crippen MR) is 65.2 cm³/mol. The van der Waals surface area contributed by atoms with E-state index < -0.39 is 0 Å². The first-order valence-corrected chi connectivity index (χ1v) is 5.41. The fourth-order valence-electron chi connectivity index (χ4n) is 2.18. The summed E-state index contributed by atoms with van der Waals surface area (Å²) in [7, 11) is 0. The molecule has 2 aromatic rings. The van der Waals surface area contributed by atoms with E-state index in [9.17, 15) is 0 Å². The monoisotopic (exact) mass is 202 g/mol. The number of nitrogens with two attached hydrogens (primary N) is 1. The molecule has 0 saturated heterocycles. The van der Waals surface area contributed by atoms with Crippen molar-refractivity contribution in [2.75, 3.05) is 6.54 Å². The van der Waals surface area contributed by atoms with E-state index in [1.54, 1.807) is 0 Å². The fraction of sp³-hybridized carbons (Fsp3) is 0.385. The SMILES string of the molecule is Cc1ccc2c(c1)c(C)c(C)n2CCN. The van der Waals surface area contributed by atoms with Crippen molar-refractivity contribution in [1.82, 2.24) is 4.57 Å². The van der Waals surface area contributed by atoms with Gasteiger partial charge in [0, 0.05) is 29.7 Å². The van der Waals surface area contributed by atoms with E-state index in [4.69, 9.17) is 5.73 Å². The lowest BCUT2D eigenvalue weighted by Gasteiger charge is -2.05. The van der Waals surface area contributed by atoms with Crippen LogP contribution in [0.1, 0.15) is 16.8 Å². The van der Waals surface area contributed by atoms with Crippen LogP contribution in [-0.2, 0) is 6.54 Å². The quantitative estimate of drug-likeness (QED) is 0.797. The summed E-state index contributed by atoms with van der Waals surface area (Å²) in [5.41, 5.74) is 11.0. The summed E-state index contributed by atoms with van der Waals surface area (Å²) in [6, 6.07) is 6.61. The fourth-order valence-corrected chi connectivity index (χ4v) is 2.18. The van der Waals surface area contributed by atoms with Gasteiger partial charge in [0.15, 0.2) is 0 Å². The van der Waals surface area contributed by atoms with Crippen molar-refractivity contribution in [3.8, 4) is 0 Å². The Morgan fingerprint density at radius 2 is 1.93 bits per heavy atom. The molecule has 1 aromatic carbocycles. The minimum atomic E-state index is 0.692. The normalized spacial score (nSPS) is 11.2. The summed E-state index contributed by atoms with van der Waals surface area (Å²) in [6.07, 6.45) is 0. The Labute approximate surface area is 90.7 Å². The molecule has 80 valence electrons. The van der Waals surface area contributed by atoms with Crippen molar-refractivity contribution in [1.29, 1.82) is 0 Å². The molecule has 0 aliphatic carbocycles. The van der Waals surface area contributed by atoms with Gasteiger partial charge in [-0.15, -0.1) is 0 Å². The number of benzene rings is 1. The molecule has 2 rings (SSSR count). The Kier molecular flexibility index (Phi) is 2.53. The zero-order chi connectivity index (χ0) is 11.0. The van der Waals surface area contributed by atoms with Gasteiger partial charge < -0.3 is 10.3 Å². The number of hydrogen-bond donors (Lipinski definition) is 1. The van der Waals surface area contributed by atoms with Gasteiger partial charge in [-0.25, -0.2) is 0 Å². The highest BCUT2D eigenvalue weighted by atomic mass is 15.0. The van der Waals surface area contributed by atoms with Crippen LogP contribution in [0, 0.1) is 20.8 Å². The van der Waals surface area contributed by atoms with Gasteiger partial charge in [0.05, 0.1) is 0 Å². The van der Waals surface area contributed by atoms with Crippen LogP contribution in [-0.4, -0.2) is 11.1 Å². The van der Waals surface area contributed by atoms with Gasteiger partial charge in [0.25, 0.3) is 0 Å². The predicted octanol–water partition coefficient (Wildman–Crippen LogP) is 2.53. The Bertz CT molecular complexity index is 495. The molecular formula is C13H18N2. The number of hydrogen-bond acceptors (Lipinski definition) is 1. The zero-order valence-electron chi connectivity index (χ0n) is 9.67. The van der Waals surface area contributed by atoms with E-state index in [1.807, 2.05) is 0 Å². The Balaban J connectivity index is 2.75. The molecule has 0 radical (unpaired) electrons. The van der Waals surface area contributed by atoms with E-state index in [2.05, 4.69) is 43.5 Å². The molecule has 0 fully saturated rings. The Hall–Kier alpha value is -1.28. The van der Waals surface area contributed by atoms with Crippen LogP contribution in [0.25, 0.3) is 10.9 Å². The molecule has 0 unspecified atom stereocenters. The van der Waals surface area contributed by atoms with Gasteiger partial charge in [-0.05, 0) is 38.5 Å². The third-order valence-electron chi connectivity index (χ3n) is 3.15. The maximum Gasteiger partial charge on any atom is 0.0485 e. The van der Waals surface area contributed by atoms with Gasteiger partial charge in [-0.1, -0.05) is 11.6 Å². The van der Waals surface area contributed by atoms with Crippen LogP contribution in [0.4, 0.5) is 0 Å². The molecule has 1 heterocycles. The highest BCUT2D eigenvalue weighted by molar-refractivity contribution is 5.85. The van der Waals surface area contributed by atoms with Crippen LogP contribution in [0.15, 0.2) is 18.2 Å². The second kappa shape index (κ2) is 3.70. The second-order valence-electron chi connectivity index (χ2n) is 4.17. The van der Waals surface area contributed by atoms with Crippen molar-refractivity contribution >= 4 is 10.9 Å². The van der Waals surface area contributed by atoms with Crippen LogP contribution in [0.3, 0.4) is 0 Å². The maximum atomic E-state index is 5.64. The summed E-state index contributed by atoms with van der Waals surface area (Å²) in [4.78, 5) is 0. The number of aryl methyl sites for hydroxylation is 2. The summed E-state index contributed by atoms with van der Waals surface area (Å²) in [6.45, 7) is 8.08. The minimum Gasteiger partial charge on any atom is -0.343 e. The van der Waals surface area contributed by atoms with Crippen molar-refractivity contribution in [2.24, 2.45) is 5.73 Å². The van der Waals surface area contributed by atoms with Crippen molar-refractivity contribution in [3.05, 3.63) is 35.0 Å². The van der Waals surface area contributed by atoms with E-state index in [0.717, 1.165) is 6.54 Å². The summed E-state index contributed by atoms with van der Waals surface area (Å²) in [5.74, 6) is 0. The molecule has 0 saturated carbocycles. The van der Waals surface area contributed by atoms with Gasteiger partial charge in [0.2, 0.25) is 0 Å². The smallest absolute Gasteiger partial charge is 0.0485 e. The third-order valence-corrected chi connectivity index (χ3v) is 3.15. The number of rotatable bonds is 2. The number of fused-ring (bicyclic) bond motifs is 1. The van der Waals surface area contributed by atoms with Crippen molar-refractivity contribution in [3.63, 3.8) is 0 Å². The van der Waals surface area contributed by atoms with E-state index in [1.165, 1.54) is 27.7 Å². The lowest BCUT2D eigenvalue weighted by molar-refractivity contribution is 0.713. The zero-order valence-corrected chi connectivity index (χ0v) is 9.67. The van der Waals surface area contributed by atoms with Gasteiger partial charge in [-0.3, -0.25) is 0 Å². The largest absolute Gasteiger partial charge is 0.343 e. The van der Waals surface area contributed by atoms with Gasteiger partial charge in [0.1, 0.15) is 0 Å². The average Bonchev–Trinajstić information content (AvgIpc) is 2.44. The number of aromatic nitrogens is 1. The molecule has 2 nitrogen and oxygen atoms in total. The first-order chi connectivity index (χ1) is 7.15. The molecule has 0 atom stereocenters. The Morgan fingerprint density at radius 3 is 2.60 bits per heavy atom. The van der Waals surface area contributed by atoms with E-state index in [0.29, 0.717) is 6.54 Å². The second-order valence-corrected chi connectivity index (χ2v) is 4.17. The molecule has 1 aromatic heterocycles.